The van der Waals surface area contributed by atoms with Crippen LogP contribution in [-0.2, 0) is 14.3 Å². The van der Waals surface area contributed by atoms with Crippen molar-refractivity contribution in [2.75, 3.05) is 6.61 Å². The molecule has 0 N–H and O–H groups in total. The molecule has 0 radical (unpaired) electrons. The second kappa shape index (κ2) is 7.24. The molecule has 1 aromatic rings. The van der Waals surface area contributed by atoms with E-state index in [0.29, 0.717) is 6.29 Å². The average Bonchev–Trinajstić information content (AvgIpc) is 2.76. The van der Waals surface area contributed by atoms with Crippen LogP contribution >= 0.6 is 0 Å². The average molecular weight is 268 g/mol. The lowest BCUT2D eigenvalue weighted by Crippen LogP contribution is -2.18. The lowest BCUT2D eigenvalue weighted by atomic mass is 9.90. The van der Waals surface area contributed by atoms with E-state index in [1.165, 1.54) is 0 Å². The molecular weight excluding hydrogens is 252 g/mol. The van der Waals surface area contributed by atoms with Gasteiger partial charge in [-0.1, -0.05) is 60.7 Å². The monoisotopic (exact) mass is 268 g/mol. The van der Waals surface area contributed by atoms with Gasteiger partial charge in [0.25, 0.3) is 0 Å². The Balaban J connectivity index is 2.31. The van der Waals surface area contributed by atoms with Gasteiger partial charge < -0.3 is 4.74 Å². The molecule has 1 aliphatic carbocycles. The first-order valence-electron chi connectivity index (χ1n) is 6.51. The van der Waals surface area contributed by atoms with E-state index >= 15 is 0 Å². The van der Waals surface area contributed by atoms with E-state index in [-0.39, 0.29) is 6.61 Å². The van der Waals surface area contributed by atoms with Gasteiger partial charge in [0.05, 0.1) is 0 Å². The number of hydrogen-bond acceptors (Lipinski definition) is 3. The number of ether oxygens (including phenoxy) is 1. The lowest BCUT2D eigenvalue weighted by molar-refractivity contribution is -0.146. The Kier molecular flexibility index (Phi) is 5.07. The van der Waals surface area contributed by atoms with E-state index in [0.717, 1.165) is 17.6 Å². The van der Waals surface area contributed by atoms with Crippen LogP contribution in [0, 0.1) is 0 Å². The van der Waals surface area contributed by atoms with Crippen molar-refractivity contribution in [2.45, 2.75) is 12.3 Å². The summed E-state index contributed by atoms with van der Waals surface area (Å²) in [5, 5.41) is 0. The highest BCUT2D eigenvalue weighted by atomic mass is 16.5. The minimum Gasteiger partial charge on any atom is -0.457 e. The molecule has 0 saturated carbocycles. The Morgan fingerprint density at radius 2 is 2.05 bits per heavy atom. The van der Waals surface area contributed by atoms with Crippen LogP contribution in [0.15, 0.2) is 66.3 Å². The van der Waals surface area contributed by atoms with Crippen molar-refractivity contribution in [1.29, 1.82) is 0 Å². The van der Waals surface area contributed by atoms with Crippen molar-refractivity contribution >= 4 is 12.3 Å². The normalized spacial score (nSPS) is 15.1. The highest BCUT2D eigenvalue weighted by Gasteiger charge is 2.24. The first kappa shape index (κ1) is 14.0. The van der Waals surface area contributed by atoms with Crippen LogP contribution in [0.2, 0.25) is 0 Å². The summed E-state index contributed by atoms with van der Waals surface area (Å²) in [5.74, 6) is -0.895. The molecule has 20 heavy (non-hydrogen) atoms. The van der Waals surface area contributed by atoms with Crippen LogP contribution in [0.25, 0.3) is 0 Å². The third-order valence-corrected chi connectivity index (χ3v) is 3.02. The zero-order valence-electron chi connectivity index (χ0n) is 11.1. The number of esters is 1. The predicted molar refractivity (Wildman–Crippen MR) is 77.2 cm³/mol. The van der Waals surface area contributed by atoms with E-state index in [1.807, 2.05) is 60.7 Å². The molecule has 0 bridgehead atoms. The van der Waals surface area contributed by atoms with Gasteiger partial charge in [0.2, 0.25) is 0 Å². The third kappa shape index (κ3) is 3.54. The summed E-state index contributed by atoms with van der Waals surface area (Å²) in [5.41, 5.74) is 1.75. The molecule has 0 amide bonds. The Labute approximate surface area is 118 Å². The second-order valence-electron chi connectivity index (χ2n) is 4.37. The van der Waals surface area contributed by atoms with Gasteiger partial charge in [-0.05, 0) is 17.6 Å². The van der Waals surface area contributed by atoms with Crippen molar-refractivity contribution in [3.8, 4) is 0 Å². The molecule has 0 spiro atoms. The van der Waals surface area contributed by atoms with E-state index in [9.17, 15) is 9.59 Å². The molecule has 0 aromatic heterocycles. The molecule has 0 aliphatic heterocycles. The van der Waals surface area contributed by atoms with Crippen LogP contribution in [0.1, 0.15) is 17.9 Å². The van der Waals surface area contributed by atoms with Gasteiger partial charge in [-0.15, -0.1) is 0 Å². The number of carbonyl (C=O) groups is 2. The minimum atomic E-state index is -0.493. The number of aldehydes is 1. The predicted octanol–water partition coefficient (Wildman–Crippen LogP) is 2.95. The van der Waals surface area contributed by atoms with Crippen LogP contribution in [-0.4, -0.2) is 18.9 Å². The first-order valence-corrected chi connectivity index (χ1v) is 6.51. The fourth-order valence-electron chi connectivity index (χ4n) is 2.12. The van der Waals surface area contributed by atoms with Gasteiger partial charge in [0, 0.05) is 0 Å². The van der Waals surface area contributed by atoms with Gasteiger partial charge in [0.1, 0.15) is 12.5 Å². The highest BCUT2D eigenvalue weighted by Crippen LogP contribution is 2.28. The van der Waals surface area contributed by atoms with Crippen LogP contribution in [0.5, 0.6) is 0 Å². The second-order valence-corrected chi connectivity index (χ2v) is 4.37. The summed E-state index contributed by atoms with van der Waals surface area (Å²) in [7, 11) is 0. The Bertz CT molecular complexity index is 553. The largest absolute Gasteiger partial charge is 0.457 e. The fraction of sp³-hybridized carbons (Fsp3) is 0.176. The molecule has 1 unspecified atom stereocenters. The molecule has 3 heteroatoms. The molecule has 3 nitrogen and oxygen atoms in total. The van der Waals surface area contributed by atoms with E-state index < -0.39 is 11.9 Å². The van der Waals surface area contributed by atoms with Crippen molar-refractivity contribution in [2.24, 2.45) is 0 Å². The molecular formula is C17H16O3. The van der Waals surface area contributed by atoms with Gasteiger partial charge in [-0.2, -0.15) is 0 Å². The maximum absolute atomic E-state index is 12.2. The van der Waals surface area contributed by atoms with Crippen molar-refractivity contribution in [3.63, 3.8) is 0 Å². The molecule has 1 aromatic carbocycles. The highest BCUT2D eigenvalue weighted by molar-refractivity contribution is 5.83. The zero-order valence-corrected chi connectivity index (χ0v) is 11.1. The number of allylic oxidation sites excluding steroid dienone is 5. The number of rotatable bonds is 5. The number of hydrogen-bond donors (Lipinski definition) is 0. The molecule has 1 atom stereocenters. The molecule has 102 valence electrons. The summed E-state index contributed by atoms with van der Waals surface area (Å²) in [6, 6.07) is 9.44. The zero-order chi connectivity index (χ0) is 14.2. The summed E-state index contributed by atoms with van der Waals surface area (Å²) >= 11 is 0. The SMILES string of the molecule is O=CCOC(=O)C(C1=CCC=CC=C1)c1ccccc1. The molecule has 0 fully saturated rings. The van der Waals surface area contributed by atoms with Gasteiger partial charge in [0.15, 0.2) is 6.29 Å². The van der Waals surface area contributed by atoms with Crippen molar-refractivity contribution in [3.05, 3.63) is 71.8 Å². The molecule has 1 aliphatic rings. The van der Waals surface area contributed by atoms with E-state index in [2.05, 4.69) is 0 Å². The Morgan fingerprint density at radius 3 is 2.80 bits per heavy atom. The maximum atomic E-state index is 12.2. The smallest absolute Gasteiger partial charge is 0.318 e. The Hall–Kier alpha value is -2.42. The number of carbonyl (C=O) groups excluding carboxylic acids is 2. The fourth-order valence-corrected chi connectivity index (χ4v) is 2.12. The first-order chi connectivity index (χ1) is 9.83. The lowest BCUT2D eigenvalue weighted by Gasteiger charge is -2.17. The van der Waals surface area contributed by atoms with Crippen LogP contribution < -0.4 is 0 Å². The number of benzene rings is 1. The van der Waals surface area contributed by atoms with E-state index in [4.69, 9.17) is 4.74 Å². The topological polar surface area (TPSA) is 43.4 Å². The van der Waals surface area contributed by atoms with Gasteiger partial charge in [-0.25, -0.2) is 0 Å². The maximum Gasteiger partial charge on any atom is 0.318 e. The van der Waals surface area contributed by atoms with Crippen LogP contribution in [0.4, 0.5) is 0 Å². The van der Waals surface area contributed by atoms with Gasteiger partial charge >= 0.3 is 5.97 Å². The summed E-state index contributed by atoms with van der Waals surface area (Å²) in [6.07, 6.45) is 11.1. The summed E-state index contributed by atoms with van der Waals surface area (Å²) in [4.78, 5) is 22.6. The molecule has 0 heterocycles. The quantitative estimate of drug-likeness (QED) is 0.609. The third-order valence-electron chi connectivity index (χ3n) is 3.02. The summed E-state index contributed by atoms with van der Waals surface area (Å²) < 4.78 is 5.00. The van der Waals surface area contributed by atoms with Crippen LogP contribution in [0.3, 0.4) is 0 Å². The van der Waals surface area contributed by atoms with E-state index in [1.54, 1.807) is 0 Å². The molecule has 0 saturated heterocycles. The Morgan fingerprint density at radius 1 is 1.25 bits per heavy atom. The van der Waals surface area contributed by atoms with Crippen molar-refractivity contribution in [1.82, 2.24) is 0 Å². The standard InChI is InChI=1S/C17H16O3/c18-12-13-20-17(19)16(15-10-6-3-7-11-15)14-8-4-1-2-5-9-14/h1-4,6-12,16H,5,13H2. The van der Waals surface area contributed by atoms with Crippen molar-refractivity contribution < 1.29 is 14.3 Å². The summed E-state index contributed by atoms with van der Waals surface area (Å²) in [6.45, 7) is -0.211. The molecule has 2 rings (SSSR count). The minimum absolute atomic E-state index is 0.211. The van der Waals surface area contributed by atoms with Gasteiger partial charge in [-0.3, -0.25) is 9.59 Å².